The number of aromatic nitrogens is 5. The molecule has 3 aromatic heterocycles. The molecule has 0 amide bonds. The summed E-state index contributed by atoms with van der Waals surface area (Å²) < 4.78 is 42.6. The van der Waals surface area contributed by atoms with Gasteiger partial charge in [-0.05, 0) is 39.8 Å². The van der Waals surface area contributed by atoms with E-state index in [-0.39, 0.29) is 23.3 Å². The fourth-order valence-electron chi connectivity index (χ4n) is 4.52. The quantitative estimate of drug-likeness (QED) is 0.525. The van der Waals surface area contributed by atoms with Crippen molar-refractivity contribution in [1.29, 1.82) is 0 Å². The summed E-state index contributed by atoms with van der Waals surface area (Å²) in [5.74, 6) is 0.730. The third-order valence-corrected chi connectivity index (χ3v) is 6.78. The third kappa shape index (κ3) is 4.99. The van der Waals surface area contributed by atoms with Crippen molar-refractivity contribution < 1.29 is 13.3 Å². The zero-order valence-electron chi connectivity index (χ0n) is 19.9. The first kappa shape index (κ1) is 24.7. The molecule has 3 atom stereocenters. The molecular weight excluding hydrogens is 462 g/mol. The molecule has 0 bridgehead atoms. The van der Waals surface area contributed by atoms with Gasteiger partial charge in [-0.2, -0.15) is 5.10 Å². The van der Waals surface area contributed by atoms with Gasteiger partial charge in [0.25, 0.3) is 6.43 Å². The molecule has 1 N–H and O–H groups in total. The SMILES string of the molecule is CC1C(CN[S+](C)[O-])N(C(C)(C)C)CCN1c1cc(-c2cnc3ccc(C(F)F)nn23)ncn1. The van der Waals surface area contributed by atoms with E-state index < -0.39 is 17.8 Å². The Labute approximate surface area is 200 Å². The Bertz CT molecular complexity index is 1140. The fourth-order valence-corrected chi connectivity index (χ4v) is 4.92. The molecule has 1 aliphatic rings. The highest BCUT2D eigenvalue weighted by atomic mass is 32.2. The lowest BCUT2D eigenvalue weighted by Gasteiger charge is -2.51. The second-order valence-electron chi connectivity index (χ2n) is 9.40. The average molecular weight is 493 g/mol. The van der Waals surface area contributed by atoms with E-state index in [1.165, 1.54) is 23.0 Å². The van der Waals surface area contributed by atoms with Crippen molar-refractivity contribution in [2.45, 2.75) is 51.7 Å². The molecule has 34 heavy (non-hydrogen) atoms. The molecule has 3 unspecified atom stereocenters. The molecule has 0 aromatic carbocycles. The summed E-state index contributed by atoms with van der Waals surface area (Å²) >= 11 is -1.11. The molecule has 1 fully saturated rings. The molecule has 0 spiro atoms. The Kier molecular flexibility index (Phi) is 7.04. The van der Waals surface area contributed by atoms with Crippen LogP contribution in [0.15, 0.2) is 30.7 Å². The highest BCUT2D eigenvalue weighted by molar-refractivity contribution is 7.88. The van der Waals surface area contributed by atoms with Crippen molar-refractivity contribution in [3.63, 3.8) is 0 Å². The van der Waals surface area contributed by atoms with Crippen LogP contribution in [0.4, 0.5) is 14.6 Å². The summed E-state index contributed by atoms with van der Waals surface area (Å²) in [6.45, 7) is 10.8. The maximum absolute atomic E-state index is 13.2. The molecule has 0 aliphatic carbocycles. The second kappa shape index (κ2) is 9.68. The Morgan fingerprint density at radius 2 is 1.97 bits per heavy atom. The zero-order valence-corrected chi connectivity index (χ0v) is 20.8. The summed E-state index contributed by atoms with van der Waals surface area (Å²) in [4.78, 5) is 17.8. The van der Waals surface area contributed by atoms with Crippen LogP contribution in [0.5, 0.6) is 0 Å². The van der Waals surface area contributed by atoms with E-state index in [4.69, 9.17) is 0 Å². The van der Waals surface area contributed by atoms with Crippen molar-refractivity contribution in [2.24, 2.45) is 0 Å². The van der Waals surface area contributed by atoms with E-state index in [0.29, 0.717) is 23.6 Å². The lowest BCUT2D eigenvalue weighted by atomic mass is 9.95. The maximum Gasteiger partial charge on any atom is 0.282 e. The molecular formula is C22H30F2N8OS. The minimum absolute atomic E-state index is 0.0522. The number of nitrogens with one attached hydrogen (secondary N) is 1. The van der Waals surface area contributed by atoms with Crippen LogP contribution in [-0.4, -0.2) is 77.5 Å². The van der Waals surface area contributed by atoms with Gasteiger partial charge >= 0.3 is 0 Å². The molecule has 0 radical (unpaired) electrons. The third-order valence-electron chi connectivity index (χ3n) is 6.20. The Morgan fingerprint density at radius 3 is 2.65 bits per heavy atom. The van der Waals surface area contributed by atoms with Crippen LogP contribution in [-0.2, 0) is 11.4 Å². The van der Waals surface area contributed by atoms with Crippen molar-refractivity contribution in [3.05, 3.63) is 36.4 Å². The summed E-state index contributed by atoms with van der Waals surface area (Å²) in [5.41, 5.74) is 1.15. The van der Waals surface area contributed by atoms with E-state index >= 15 is 0 Å². The molecule has 4 rings (SSSR count). The maximum atomic E-state index is 13.2. The molecule has 9 nitrogen and oxygen atoms in total. The topological polar surface area (TPSA) is 97.5 Å². The highest BCUT2D eigenvalue weighted by Crippen LogP contribution is 2.30. The second-order valence-corrected chi connectivity index (χ2v) is 10.6. The smallest absolute Gasteiger partial charge is 0.282 e. The molecule has 12 heteroatoms. The number of hydrogen-bond acceptors (Lipinski definition) is 8. The van der Waals surface area contributed by atoms with Gasteiger partial charge in [0.2, 0.25) is 0 Å². The lowest BCUT2D eigenvalue weighted by Crippen LogP contribution is -2.66. The van der Waals surface area contributed by atoms with Crippen LogP contribution in [0.25, 0.3) is 17.0 Å². The lowest BCUT2D eigenvalue weighted by molar-refractivity contribution is 0.0531. The number of halogens is 2. The van der Waals surface area contributed by atoms with E-state index in [1.54, 1.807) is 12.5 Å². The molecule has 3 aromatic rings. The van der Waals surface area contributed by atoms with Crippen LogP contribution in [0.3, 0.4) is 0 Å². The number of hydrogen-bond donors (Lipinski definition) is 1. The van der Waals surface area contributed by atoms with Gasteiger partial charge in [-0.1, -0.05) is 0 Å². The predicted octanol–water partition coefficient (Wildman–Crippen LogP) is 2.68. The van der Waals surface area contributed by atoms with Crippen LogP contribution >= 0.6 is 0 Å². The molecule has 184 valence electrons. The van der Waals surface area contributed by atoms with Gasteiger partial charge in [0.15, 0.2) is 5.65 Å². The molecule has 1 saturated heterocycles. The highest BCUT2D eigenvalue weighted by Gasteiger charge is 2.39. The van der Waals surface area contributed by atoms with Crippen molar-refractivity contribution >= 4 is 22.8 Å². The summed E-state index contributed by atoms with van der Waals surface area (Å²) in [5, 5.41) is 4.04. The number of rotatable bonds is 6. The van der Waals surface area contributed by atoms with Gasteiger partial charge in [-0.25, -0.2) is 28.2 Å². The van der Waals surface area contributed by atoms with E-state index in [1.807, 2.05) is 6.07 Å². The number of imidazole rings is 1. The molecule has 0 saturated carbocycles. The summed E-state index contributed by atoms with van der Waals surface area (Å²) in [7, 11) is 0. The van der Waals surface area contributed by atoms with Gasteiger partial charge in [0.1, 0.15) is 29.8 Å². The van der Waals surface area contributed by atoms with Crippen LogP contribution < -0.4 is 9.62 Å². The first-order valence-corrected chi connectivity index (χ1v) is 12.7. The van der Waals surface area contributed by atoms with Gasteiger partial charge < -0.3 is 9.45 Å². The van der Waals surface area contributed by atoms with Crippen LogP contribution in [0.2, 0.25) is 0 Å². The number of anilines is 1. The number of alkyl halides is 2. The van der Waals surface area contributed by atoms with E-state index in [2.05, 4.69) is 62.3 Å². The van der Waals surface area contributed by atoms with Crippen LogP contribution in [0.1, 0.15) is 39.8 Å². The molecule has 1 aliphatic heterocycles. The number of nitrogens with zero attached hydrogens (tertiary/aromatic N) is 7. The van der Waals surface area contributed by atoms with E-state index in [9.17, 15) is 13.3 Å². The summed E-state index contributed by atoms with van der Waals surface area (Å²) in [6, 6.07) is 4.80. The Morgan fingerprint density at radius 1 is 1.21 bits per heavy atom. The van der Waals surface area contributed by atoms with Crippen molar-refractivity contribution in [3.8, 4) is 11.4 Å². The zero-order chi connectivity index (χ0) is 24.6. The fraction of sp³-hybridized carbons (Fsp3) is 0.545. The van der Waals surface area contributed by atoms with Crippen molar-refractivity contribution in [1.82, 2.24) is 34.2 Å². The Hall–Kier alpha value is -2.41. The van der Waals surface area contributed by atoms with Gasteiger partial charge in [0, 0.05) is 48.1 Å². The van der Waals surface area contributed by atoms with Crippen molar-refractivity contribution in [2.75, 3.05) is 30.8 Å². The average Bonchev–Trinajstić information content (AvgIpc) is 3.20. The monoisotopic (exact) mass is 492 g/mol. The minimum Gasteiger partial charge on any atom is -0.598 e. The largest absolute Gasteiger partial charge is 0.598 e. The van der Waals surface area contributed by atoms with Gasteiger partial charge in [-0.3, -0.25) is 4.90 Å². The predicted molar refractivity (Wildman–Crippen MR) is 128 cm³/mol. The van der Waals surface area contributed by atoms with Gasteiger partial charge in [-0.15, -0.1) is 4.72 Å². The number of fused-ring (bicyclic) bond motifs is 1. The van der Waals surface area contributed by atoms with Gasteiger partial charge in [0.05, 0.1) is 18.4 Å². The summed E-state index contributed by atoms with van der Waals surface area (Å²) in [6.07, 6.45) is 2.00. The molecule has 4 heterocycles. The first-order valence-electron chi connectivity index (χ1n) is 11.1. The number of piperazine rings is 1. The minimum atomic E-state index is -2.68. The standard InChI is InChI=1S/C22H30F2N8OS/c1-14-17(12-28-34(5)33)31(22(2,3)4)9-8-30(14)20-10-16(26-13-27-20)18-11-25-19-7-6-15(21(23)24)29-32(18)19/h6-7,10-11,13-14,17,21,28H,8-9,12H2,1-5H3. The normalized spacial score (nSPS) is 20.9. The van der Waals surface area contributed by atoms with Crippen LogP contribution in [0, 0.1) is 0 Å². The first-order chi connectivity index (χ1) is 16.1. The Balaban J connectivity index is 1.66. The van der Waals surface area contributed by atoms with E-state index in [0.717, 1.165) is 18.9 Å².